The lowest BCUT2D eigenvalue weighted by molar-refractivity contribution is 0.460. The molecule has 0 saturated heterocycles. The molecule has 3 heteroatoms. The molecule has 2 aliphatic heterocycles. The number of para-hydroxylation sites is 3. The zero-order valence-electron chi connectivity index (χ0n) is 14.7. The Balaban J connectivity index is 0.000000119. The van der Waals surface area contributed by atoms with E-state index >= 15 is 0 Å². The van der Waals surface area contributed by atoms with Crippen LogP contribution in [0, 0.1) is 0 Å². The molecule has 1 aromatic heterocycles. The molecule has 2 nitrogen and oxygen atoms in total. The molecule has 0 saturated carbocycles. The predicted octanol–water partition coefficient (Wildman–Crippen LogP) is 6.83. The highest BCUT2D eigenvalue weighted by atomic mass is 32.1. The minimum Gasteiger partial charge on any atom is -0.457 e. The van der Waals surface area contributed by atoms with Gasteiger partial charge >= 0.3 is 0 Å². The molecule has 0 N–H and O–H groups in total. The Morgan fingerprint density at radius 3 is 1.59 bits per heavy atom. The fourth-order valence-electron chi connectivity index (χ4n) is 3.41. The van der Waals surface area contributed by atoms with Crippen LogP contribution in [-0.4, -0.2) is 0 Å². The molecule has 0 amide bonds. The van der Waals surface area contributed by atoms with Crippen LogP contribution in [0.5, 0.6) is 23.0 Å². The zero-order valence-corrected chi connectivity index (χ0v) is 15.5. The van der Waals surface area contributed by atoms with Crippen molar-refractivity contribution in [2.24, 2.45) is 0 Å². The van der Waals surface area contributed by atoms with Crippen LogP contribution in [-0.2, 0) is 12.8 Å². The fourth-order valence-corrected chi connectivity index (χ4v) is 4.23. The van der Waals surface area contributed by atoms with Crippen molar-refractivity contribution in [3.8, 4) is 23.0 Å². The van der Waals surface area contributed by atoms with Crippen LogP contribution in [0.25, 0.3) is 0 Å². The van der Waals surface area contributed by atoms with Gasteiger partial charge in [-0.05, 0) is 40.8 Å². The Hall–Kier alpha value is -3.04. The summed E-state index contributed by atoms with van der Waals surface area (Å²) in [6.45, 7) is 0. The third-order valence-corrected chi connectivity index (χ3v) is 5.70. The zero-order chi connectivity index (χ0) is 18.1. The molecule has 6 rings (SSSR count). The molecule has 0 atom stereocenters. The van der Waals surface area contributed by atoms with Gasteiger partial charge in [-0.25, -0.2) is 0 Å². The number of fused-ring (bicyclic) bond motifs is 4. The van der Waals surface area contributed by atoms with E-state index in [0.717, 1.165) is 35.8 Å². The Kier molecular flexibility index (Phi) is 4.15. The third kappa shape index (κ3) is 3.22. The second kappa shape index (κ2) is 6.93. The third-order valence-electron chi connectivity index (χ3n) is 4.79. The lowest BCUT2D eigenvalue weighted by Gasteiger charge is -2.19. The molecule has 27 heavy (non-hydrogen) atoms. The van der Waals surface area contributed by atoms with Crippen LogP contribution in [0.1, 0.15) is 21.6 Å². The molecule has 132 valence electrons. The molecule has 0 aliphatic carbocycles. The second-order valence-corrected chi connectivity index (χ2v) is 7.59. The average Bonchev–Trinajstić information content (AvgIpc) is 3.18. The summed E-state index contributed by atoms with van der Waals surface area (Å²) in [7, 11) is 0. The molecule has 0 unspecified atom stereocenters. The summed E-state index contributed by atoms with van der Waals surface area (Å²) in [6, 6.07) is 26.6. The van der Waals surface area contributed by atoms with Crippen molar-refractivity contribution < 1.29 is 9.47 Å². The van der Waals surface area contributed by atoms with Gasteiger partial charge in [0.2, 0.25) is 0 Å². The van der Waals surface area contributed by atoms with Gasteiger partial charge < -0.3 is 9.47 Å². The smallest absolute Gasteiger partial charge is 0.141 e. The summed E-state index contributed by atoms with van der Waals surface area (Å²) in [5, 5.41) is 2.08. The maximum atomic E-state index is 5.78. The van der Waals surface area contributed by atoms with E-state index in [9.17, 15) is 0 Å². The van der Waals surface area contributed by atoms with Gasteiger partial charge in [0.1, 0.15) is 23.0 Å². The van der Waals surface area contributed by atoms with E-state index in [1.165, 1.54) is 21.6 Å². The highest BCUT2D eigenvalue weighted by Crippen LogP contribution is 2.39. The van der Waals surface area contributed by atoms with Gasteiger partial charge in [0.25, 0.3) is 0 Å². The van der Waals surface area contributed by atoms with Gasteiger partial charge in [0, 0.05) is 18.4 Å². The number of hydrogen-bond donors (Lipinski definition) is 0. The first-order valence-electron chi connectivity index (χ1n) is 9.02. The van der Waals surface area contributed by atoms with Crippen LogP contribution in [0.3, 0.4) is 0 Å². The molecule has 2 aliphatic rings. The van der Waals surface area contributed by atoms with Crippen LogP contribution < -0.4 is 9.47 Å². The molecule has 0 spiro atoms. The van der Waals surface area contributed by atoms with Crippen molar-refractivity contribution in [1.82, 2.24) is 0 Å². The second-order valence-electron chi connectivity index (χ2n) is 6.59. The first-order valence-corrected chi connectivity index (χ1v) is 9.90. The predicted molar refractivity (Wildman–Crippen MR) is 109 cm³/mol. The van der Waals surface area contributed by atoms with Crippen molar-refractivity contribution in [3.63, 3.8) is 0 Å². The van der Waals surface area contributed by atoms with Gasteiger partial charge in [-0.3, -0.25) is 0 Å². The van der Waals surface area contributed by atoms with Crippen molar-refractivity contribution >= 4 is 11.3 Å². The summed E-state index contributed by atoms with van der Waals surface area (Å²) in [4.78, 5) is 1.33. The number of rotatable bonds is 0. The van der Waals surface area contributed by atoms with Gasteiger partial charge in [-0.15, -0.1) is 11.3 Å². The van der Waals surface area contributed by atoms with Crippen molar-refractivity contribution in [2.45, 2.75) is 12.8 Å². The maximum Gasteiger partial charge on any atom is 0.141 e. The van der Waals surface area contributed by atoms with Crippen molar-refractivity contribution in [1.29, 1.82) is 0 Å². The molecule has 0 radical (unpaired) electrons. The Morgan fingerprint density at radius 2 is 1.00 bits per heavy atom. The molecule has 3 aromatic carbocycles. The fraction of sp³-hybridized carbons (Fsp3) is 0.0833. The highest BCUT2D eigenvalue weighted by molar-refractivity contribution is 7.10. The Bertz CT molecular complexity index is 970. The summed E-state index contributed by atoms with van der Waals surface area (Å²) in [5.41, 5.74) is 3.83. The minimum absolute atomic E-state index is 0.979. The van der Waals surface area contributed by atoms with Crippen LogP contribution in [0.4, 0.5) is 0 Å². The van der Waals surface area contributed by atoms with Gasteiger partial charge in [-0.2, -0.15) is 0 Å². The topological polar surface area (TPSA) is 18.5 Å². The summed E-state index contributed by atoms with van der Waals surface area (Å²) >= 11 is 1.76. The monoisotopic (exact) mass is 370 g/mol. The van der Waals surface area contributed by atoms with Crippen molar-refractivity contribution in [3.05, 3.63) is 106 Å². The lowest BCUT2D eigenvalue weighted by atomic mass is 10.0. The Morgan fingerprint density at radius 1 is 0.519 bits per heavy atom. The highest BCUT2D eigenvalue weighted by Gasteiger charge is 2.16. The van der Waals surface area contributed by atoms with E-state index in [1.807, 2.05) is 42.5 Å². The van der Waals surface area contributed by atoms with E-state index < -0.39 is 0 Å². The quantitative estimate of drug-likeness (QED) is 0.292. The minimum atomic E-state index is 0.979. The number of benzene rings is 3. The summed E-state index contributed by atoms with van der Waals surface area (Å²) in [5.74, 6) is 4.02. The standard InChI is InChI=1S/C13H10O.C11H8OS/c1-3-7-12-10(5-1)9-11-6-2-4-8-13(11)14-12;1-2-4-9-8(3-1)7-11-10(12-9)5-6-13-11/h1-8H,9H2;1-6H,7H2. The number of hydrogen-bond acceptors (Lipinski definition) is 3. The molecule has 4 aromatic rings. The summed E-state index contributed by atoms with van der Waals surface area (Å²) < 4.78 is 11.5. The van der Waals surface area contributed by atoms with Crippen molar-refractivity contribution in [2.75, 3.05) is 0 Å². The lowest BCUT2D eigenvalue weighted by Crippen LogP contribution is -2.01. The normalized spacial score (nSPS) is 12.7. The van der Waals surface area contributed by atoms with E-state index in [1.54, 1.807) is 11.3 Å². The Labute approximate surface area is 162 Å². The largest absolute Gasteiger partial charge is 0.457 e. The average molecular weight is 370 g/mol. The molecule has 0 bridgehead atoms. The van der Waals surface area contributed by atoms with Crippen LogP contribution >= 0.6 is 11.3 Å². The van der Waals surface area contributed by atoms with Gasteiger partial charge in [-0.1, -0.05) is 54.6 Å². The van der Waals surface area contributed by atoms with E-state index in [0.29, 0.717) is 0 Å². The molecule has 3 heterocycles. The van der Waals surface area contributed by atoms with Crippen LogP contribution in [0.2, 0.25) is 0 Å². The van der Waals surface area contributed by atoms with E-state index in [4.69, 9.17) is 9.47 Å². The maximum absolute atomic E-state index is 5.78. The van der Waals surface area contributed by atoms with Gasteiger partial charge in [0.15, 0.2) is 0 Å². The SMILES string of the molecule is c1ccc2c(c1)Cc1ccccc1O2.c1ccc2c(c1)Cc1sccc1O2. The van der Waals surface area contributed by atoms with E-state index in [2.05, 4.69) is 41.8 Å². The first kappa shape index (κ1) is 16.2. The first-order chi connectivity index (χ1) is 13.4. The molecule has 0 fully saturated rings. The molecular formula is C24H18O2S. The van der Waals surface area contributed by atoms with Crippen LogP contribution in [0.15, 0.2) is 84.2 Å². The summed E-state index contributed by atoms with van der Waals surface area (Å²) in [6.07, 6.45) is 2.00. The van der Waals surface area contributed by atoms with Gasteiger partial charge in [0.05, 0.1) is 4.88 Å². The van der Waals surface area contributed by atoms with E-state index in [-0.39, 0.29) is 0 Å². The number of ether oxygens (including phenoxy) is 2. The number of thiophene rings is 1. The molecular weight excluding hydrogens is 352 g/mol.